The van der Waals surface area contributed by atoms with E-state index in [1.807, 2.05) is 35.7 Å². The molecule has 0 aliphatic heterocycles. The molecule has 1 N–H and O–H groups in total. The van der Waals surface area contributed by atoms with E-state index in [0.29, 0.717) is 15.2 Å². The topological polar surface area (TPSA) is 37.3 Å². The van der Waals surface area contributed by atoms with Crippen molar-refractivity contribution in [3.8, 4) is 11.3 Å². The Kier molecular flexibility index (Phi) is 5.33. The minimum Gasteiger partial charge on any atom is -0.253 e. The first-order chi connectivity index (χ1) is 11.1. The number of halogens is 3. The fourth-order valence-corrected chi connectivity index (χ4v) is 3.55. The summed E-state index contributed by atoms with van der Waals surface area (Å²) in [6, 6.07) is 13.5. The number of rotatable bonds is 4. The van der Waals surface area contributed by atoms with Crippen LogP contribution in [0.5, 0.6) is 0 Å². The predicted molar refractivity (Wildman–Crippen MR) is 103 cm³/mol. The lowest BCUT2D eigenvalue weighted by Gasteiger charge is -2.02. The van der Waals surface area contributed by atoms with E-state index < -0.39 is 0 Å². The van der Waals surface area contributed by atoms with Crippen LogP contribution in [0.2, 0.25) is 10.0 Å². The van der Waals surface area contributed by atoms with Gasteiger partial charge in [0, 0.05) is 26.0 Å². The Labute approximate surface area is 156 Å². The van der Waals surface area contributed by atoms with Gasteiger partial charge in [0.2, 0.25) is 5.13 Å². The molecule has 116 valence electrons. The Hall–Kier alpha value is -1.40. The van der Waals surface area contributed by atoms with Gasteiger partial charge in [0.1, 0.15) is 0 Å². The third-order valence-electron chi connectivity index (χ3n) is 2.96. The Balaban J connectivity index is 1.73. The summed E-state index contributed by atoms with van der Waals surface area (Å²) in [4.78, 5) is 4.49. The number of benzene rings is 2. The van der Waals surface area contributed by atoms with Gasteiger partial charge >= 0.3 is 0 Å². The Bertz CT molecular complexity index is 850. The van der Waals surface area contributed by atoms with Crippen molar-refractivity contribution in [2.45, 2.75) is 0 Å². The first kappa shape index (κ1) is 16.5. The summed E-state index contributed by atoms with van der Waals surface area (Å²) in [7, 11) is 0. The second kappa shape index (κ2) is 7.45. The number of thiazole rings is 1. The van der Waals surface area contributed by atoms with Gasteiger partial charge in [0.15, 0.2) is 0 Å². The summed E-state index contributed by atoms with van der Waals surface area (Å²) in [6.45, 7) is 0. The van der Waals surface area contributed by atoms with Gasteiger partial charge in [-0.3, -0.25) is 5.43 Å². The fourth-order valence-electron chi connectivity index (χ4n) is 1.89. The van der Waals surface area contributed by atoms with E-state index in [1.165, 1.54) is 11.3 Å². The lowest BCUT2D eigenvalue weighted by atomic mass is 10.2. The molecule has 7 heteroatoms. The van der Waals surface area contributed by atoms with Gasteiger partial charge in [0.05, 0.1) is 16.9 Å². The summed E-state index contributed by atoms with van der Waals surface area (Å²) >= 11 is 17.0. The first-order valence-electron chi connectivity index (χ1n) is 6.58. The number of hydrogen-bond donors (Lipinski definition) is 1. The highest BCUT2D eigenvalue weighted by molar-refractivity contribution is 9.10. The molecule has 0 saturated carbocycles. The monoisotopic (exact) mass is 425 g/mol. The molecular formula is C16H10BrCl2N3S. The van der Waals surface area contributed by atoms with Crippen LogP contribution in [0.1, 0.15) is 5.56 Å². The molecule has 3 aromatic rings. The molecule has 0 saturated heterocycles. The van der Waals surface area contributed by atoms with E-state index in [4.69, 9.17) is 23.2 Å². The van der Waals surface area contributed by atoms with E-state index in [9.17, 15) is 0 Å². The molecule has 0 spiro atoms. The van der Waals surface area contributed by atoms with Crippen molar-refractivity contribution in [1.82, 2.24) is 4.98 Å². The molecule has 0 unspecified atom stereocenters. The fraction of sp³-hybridized carbons (Fsp3) is 0. The molecule has 3 rings (SSSR count). The van der Waals surface area contributed by atoms with E-state index in [-0.39, 0.29) is 0 Å². The van der Waals surface area contributed by atoms with Crippen LogP contribution in [0.25, 0.3) is 11.3 Å². The minimum absolute atomic E-state index is 0.559. The Morgan fingerprint density at radius 2 is 1.96 bits per heavy atom. The summed E-state index contributed by atoms with van der Waals surface area (Å²) in [5.41, 5.74) is 5.62. The summed E-state index contributed by atoms with van der Waals surface area (Å²) < 4.78 is 0.730. The highest BCUT2D eigenvalue weighted by Crippen LogP contribution is 2.29. The number of nitrogens with zero attached hydrogens (tertiary/aromatic N) is 2. The summed E-state index contributed by atoms with van der Waals surface area (Å²) in [5, 5.41) is 8.00. The molecule has 0 amide bonds. The van der Waals surface area contributed by atoms with Gasteiger partial charge in [-0.1, -0.05) is 53.5 Å². The third kappa shape index (κ3) is 4.12. The normalized spacial score (nSPS) is 11.1. The van der Waals surface area contributed by atoms with Crippen molar-refractivity contribution in [3.63, 3.8) is 0 Å². The van der Waals surface area contributed by atoms with Crippen molar-refractivity contribution in [2.24, 2.45) is 5.10 Å². The predicted octanol–water partition coefficient (Wildman–Crippen LogP) is 6.33. The van der Waals surface area contributed by atoms with Gasteiger partial charge in [-0.05, 0) is 28.1 Å². The SMILES string of the molecule is Clc1cc(Br)c(Cl)c(C=NNc2nc(-c3ccccc3)cs2)c1. The number of aromatic nitrogens is 1. The largest absolute Gasteiger partial charge is 0.253 e. The molecule has 2 aromatic carbocycles. The highest BCUT2D eigenvalue weighted by Gasteiger charge is 2.05. The number of nitrogens with one attached hydrogen (secondary N) is 1. The van der Waals surface area contributed by atoms with E-state index >= 15 is 0 Å². The molecule has 0 atom stereocenters. The van der Waals surface area contributed by atoms with Crippen molar-refractivity contribution in [1.29, 1.82) is 0 Å². The molecular weight excluding hydrogens is 417 g/mol. The molecule has 0 fully saturated rings. The van der Waals surface area contributed by atoms with Crippen molar-refractivity contribution >= 4 is 61.8 Å². The lowest BCUT2D eigenvalue weighted by Crippen LogP contribution is -1.91. The summed E-state index contributed by atoms with van der Waals surface area (Å²) in [5.74, 6) is 0. The van der Waals surface area contributed by atoms with E-state index in [0.717, 1.165) is 21.3 Å². The molecule has 0 aliphatic rings. The lowest BCUT2D eigenvalue weighted by molar-refractivity contribution is 1.29. The maximum atomic E-state index is 6.19. The average Bonchev–Trinajstić information content (AvgIpc) is 3.02. The number of hydrazone groups is 1. The molecule has 1 heterocycles. The van der Waals surface area contributed by atoms with Gasteiger partial charge in [-0.15, -0.1) is 11.3 Å². The van der Waals surface area contributed by atoms with Gasteiger partial charge < -0.3 is 0 Å². The van der Waals surface area contributed by atoms with E-state index in [1.54, 1.807) is 18.3 Å². The van der Waals surface area contributed by atoms with E-state index in [2.05, 4.69) is 31.4 Å². The standard InChI is InChI=1S/C16H10BrCl2N3S/c17-13-7-12(18)6-11(15(13)19)8-20-22-16-21-14(9-23-16)10-4-2-1-3-5-10/h1-9H,(H,21,22). The molecule has 3 nitrogen and oxygen atoms in total. The van der Waals surface area contributed by atoms with Gasteiger partial charge in [-0.25, -0.2) is 4.98 Å². The Morgan fingerprint density at radius 1 is 1.17 bits per heavy atom. The minimum atomic E-state index is 0.559. The van der Waals surface area contributed by atoms with Crippen molar-refractivity contribution in [3.05, 3.63) is 67.9 Å². The smallest absolute Gasteiger partial charge is 0.203 e. The van der Waals surface area contributed by atoms with Crippen LogP contribution in [0.4, 0.5) is 5.13 Å². The first-order valence-corrected chi connectivity index (χ1v) is 9.01. The van der Waals surface area contributed by atoms with Gasteiger partial charge in [-0.2, -0.15) is 5.10 Å². The quantitative estimate of drug-likeness (QED) is 0.300. The maximum absolute atomic E-state index is 6.19. The van der Waals surface area contributed by atoms with Crippen LogP contribution in [-0.2, 0) is 0 Å². The van der Waals surface area contributed by atoms with Crippen LogP contribution in [0, 0.1) is 0 Å². The Morgan fingerprint density at radius 3 is 2.74 bits per heavy atom. The van der Waals surface area contributed by atoms with Crippen molar-refractivity contribution < 1.29 is 0 Å². The highest BCUT2D eigenvalue weighted by atomic mass is 79.9. The van der Waals surface area contributed by atoms with Crippen LogP contribution in [0.3, 0.4) is 0 Å². The van der Waals surface area contributed by atoms with Gasteiger partial charge in [0.25, 0.3) is 0 Å². The average molecular weight is 427 g/mol. The molecule has 0 aliphatic carbocycles. The molecule has 23 heavy (non-hydrogen) atoms. The second-order valence-corrected chi connectivity index (χ2v) is 7.09. The van der Waals surface area contributed by atoms with Crippen LogP contribution >= 0.6 is 50.5 Å². The zero-order chi connectivity index (χ0) is 16.2. The summed E-state index contributed by atoms with van der Waals surface area (Å²) in [6.07, 6.45) is 1.61. The van der Waals surface area contributed by atoms with Crippen molar-refractivity contribution in [2.75, 3.05) is 5.43 Å². The van der Waals surface area contributed by atoms with Crippen LogP contribution in [0.15, 0.2) is 57.4 Å². The third-order valence-corrected chi connectivity index (χ3v) is 5.20. The maximum Gasteiger partial charge on any atom is 0.203 e. The second-order valence-electron chi connectivity index (χ2n) is 4.56. The molecule has 0 bridgehead atoms. The molecule has 0 radical (unpaired) electrons. The number of anilines is 1. The van der Waals surface area contributed by atoms with Crippen LogP contribution < -0.4 is 5.43 Å². The zero-order valence-corrected chi connectivity index (χ0v) is 15.5. The molecule has 1 aromatic heterocycles. The number of hydrogen-bond acceptors (Lipinski definition) is 4. The van der Waals surface area contributed by atoms with Crippen LogP contribution in [-0.4, -0.2) is 11.2 Å². The zero-order valence-electron chi connectivity index (χ0n) is 11.6.